The fraction of sp³-hybridized carbons (Fsp3) is 0. The van der Waals surface area contributed by atoms with Crippen molar-refractivity contribution in [2.75, 3.05) is 0 Å². The number of benzene rings is 21. The maximum absolute atomic E-state index is 6.19. The van der Waals surface area contributed by atoms with Crippen LogP contribution in [0.3, 0.4) is 0 Å². The summed E-state index contributed by atoms with van der Waals surface area (Å²) in [5.74, 6) is 5.82. The van der Waals surface area contributed by atoms with Gasteiger partial charge in [0, 0.05) is 132 Å². The Morgan fingerprint density at radius 3 is 0.651 bits per heavy atom. The van der Waals surface area contributed by atoms with E-state index in [-0.39, 0.29) is 0 Å². The average Bonchev–Trinajstić information content (AvgIpc) is 1.73. The molecule has 0 spiro atoms. The molecule has 149 heavy (non-hydrogen) atoms. The molecule has 8 heterocycles. The lowest BCUT2D eigenvalue weighted by molar-refractivity contribution is 0.668. The first-order valence-corrected chi connectivity index (χ1v) is 52.0. The molecule has 0 N–H and O–H groups in total. The number of fused-ring (bicyclic) bond motifs is 15. The van der Waals surface area contributed by atoms with Gasteiger partial charge < -0.3 is 8.83 Å². The predicted octanol–water partition coefficient (Wildman–Crippen LogP) is 37.2. The third-order valence-corrected chi connectivity index (χ3v) is 31.0. The van der Waals surface area contributed by atoms with Crippen molar-refractivity contribution in [1.29, 1.82) is 0 Å². The molecule has 11 nitrogen and oxygen atoms in total. The van der Waals surface area contributed by atoms with E-state index in [1.165, 1.54) is 66.1 Å². The van der Waals surface area contributed by atoms with E-state index in [1.807, 2.05) is 103 Å². The predicted molar refractivity (Wildman–Crippen MR) is 620 cm³/mol. The molecule has 698 valence electrons. The topological polar surface area (TPSA) is 142 Å². The number of hydrogen-bond donors (Lipinski definition) is 0. The van der Waals surface area contributed by atoms with Gasteiger partial charge in [-0.25, -0.2) is 44.9 Å². The maximum Gasteiger partial charge on any atom is 0.164 e. The Kier molecular flexibility index (Phi) is 23.0. The second-order valence-electron chi connectivity index (χ2n) is 37.0. The molecule has 29 aromatic rings. The molecule has 0 aliphatic heterocycles. The van der Waals surface area contributed by atoms with Crippen molar-refractivity contribution in [3.8, 4) is 180 Å². The second-order valence-corrected chi connectivity index (χ2v) is 40.2. The molecule has 0 radical (unpaired) electrons. The van der Waals surface area contributed by atoms with Gasteiger partial charge in [-0.1, -0.05) is 394 Å². The Balaban J connectivity index is 0.000000110. The molecule has 0 fully saturated rings. The van der Waals surface area contributed by atoms with Crippen LogP contribution in [0, 0.1) is 0 Å². The summed E-state index contributed by atoms with van der Waals surface area (Å²) in [4.78, 5) is 45.5. The van der Waals surface area contributed by atoms with Crippen LogP contribution in [0.25, 0.3) is 285 Å². The molecule has 0 atom stereocenters. The monoisotopic (exact) mass is 1960 g/mol. The number of furan rings is 2. The van der Waals surface area contributed by atoms with Gasteiger partial charge in [-0.2, -0.15) is 0 Å². The van der Waals surface area contributed by atoms with Crippen LogP contribution >= 0.6 is 34.0 Å². The van der Waals surface area contributed by atoms with Crippen molar-refractivity contribution in [1.82, 2.24) is 44.9 Å². The van der Waals surface area contributed by atoms with E-state index in [1.54, 1.807) is 34.0 Å². The average molecular weight is 1960 g/mol. The standard InChI is InChI=1S/2C45H27N3OS.C45H29N3S/c1-2-10-28(11-3-1)43-46-44(48-45(47-43)34-21-23-38-37-17-5-7-19-41(37)50-42(38)27-34)33-15-9-14-31(25-33)29-12-8-13-30(24-29)32-20-22-36-35-16-4-6-18-39(35)49-40(36)26-32;1-2-9-29(10-3-1)43-46-44(48-45(47-43)34-22-24-38-37-14-5-7-16-41(37)50-42(38)27-34)30-19-17-28(18-20-30)31-11-8-12-32(25-31)33-21-23-36-35-13-4-6-15-39(35)49-40(36)26-33;1-4-12-30(13-5-1)33-20-22-34(23-21-33)43-46-44(35-24-25-40-39-18-10-11-19-41(39)49-42(40)29-35)48-45(47-43)38-27-36(31-14-6-2-7-15-31)26-37(28-38)32-16-8-3-9-17-32/h2*1-27H;1-29H. The highest BCUT2D eigenvalue weighted by Gasteiger charge is 2.23. The summed E-state index contributed by atoms with van der Waals surface area (Å²) in [6.45, 7) is 0. The van der Waals surface area contributed by atoms with Crippen LogP contribution in [-0.4, -0.2) is 44.9 Å². The van der Waals surface area contributed by atoms with Crippen LogP contribution < -0.4 is 0 Å². The lowest BCUT2D eigenvalue weighted by Gasteiger charge is -2.13. The Morgan fingerprint density at radius 2 is 0.295 bits per heavy atom. The van der Waals surface area contributed by atoms with Crippen LogP contribution in [0.1, 0.15) is 0 Å². The number of aromatic nitrogens is 9. The van der Waals surface area contributed by atoms with Crippen molar-refractivity contribution in [3.63, 3.8) is 0 Å². The normalized spacial score (nSPS) is 11.5. The Morgan fingerprint density at radius 1 is 0.107 bits per heavy atom. The smallest absolute Gasteiger partial charge is 0.164 e. The highest BCUT2D eigenvalue weighted by molar-refractivity contribution is 7.26. The van der Waals surface area contributed by atoms with Crippen molar-refractivity contribution >= 4 is 138 Å². The Bertz CT molecular complexity index is 10100. The molecule has 0 aliphatic carbocycles. The van der Waals surface area contributed by atoms with Crippen LogP contribution in [0.5, 0.6) is 0 Å². The molecule has 0 aliphatic rings. The van der Waals surface area contributed by atoms with Gasteiger partial charge in [-0.15, -0.1) is 34.0 Å². The minimum absolute atomic E-state index is 0.638. The highest BCUT2D eigenvalue weighted by Crippen LogP contribution is 2.45. The zero-order valence-electron chi connectivity index (χ0n) is 80.0. The fourth-order valence-electron chi connectivity index (χ4n) is 20.1. The minimum Gasteiger partial charge on any atom is -0.456 e. The summed E-state index contributed by atoms with van der Waals surface area (Å²) in [6, 6.07) is 176. The van der Waals surface area contributed by atoms with Crippen LogP contribution in [0.15, 0.2) is 512 Å². The summed E-state index contributed by atoms with van der Waals surface area (Å²) in [5.41, 5.74) is 27.9. The highest BCUT2D eigenvalue weighted by atomic mass is 32.1. The molecule has 8 aromatic heterocycles. The first-order valence-electron chi connectivity index (χ1n) is 49.5. The van der Waals surface area contributed by atoms with E-state index in [9.17, 15) is 0 Å². The number of hydrogen-bond acceptors (Lipinski definition) is 14. The van der Waals surface area contributed by atoms with E-state index in [0.717, 1.165) is 166 Å². The SMILES string of the molecule is c1ccc(-c2ccc(-c3nc(-c4cc(-c5ccccc5)cc(-c5ccccc5)c4)nc(-c4ccc5c(c4)sc4ccccc45)n3)cc2)cc1.c1ccc(-c2nc(-c3ccc(-c4cccc(-c5ccc6c(c5)oc5ccccc56)c4)cc3)nc(-c3ccc4c(c3)sc3ccccc34)n2)cc1.c1ccc(-c2nc(-c3cccc(-c4cccc(-c5ccc6c(c5)oc5ccccc56)c4)c3)nc(-c3ccc4c(c3)sc3ccccc34)n2)cc1. The first kappa shape index (κ1) is 88.8. The number of nitrogens with zero attached hydrogens (tertiary/aromatic N) is 9. The van der Waals surface area contributed by atoms with E-state index in [4.69, 9.17) is 53.7 Å². The number of para-hydroxylation sites is 2. The number of thiophene rings is 3. The van der Waals surface area contributed by atoms with Gasteiger partial charge in [0.2, 0.25) is 0 Å². The summed E-state index contributed by atoms with van der Waals surface area (Å²) in [7, 11) is 0. The lowest BCUT2D eigenvalue weighted by atomic mass is 9.96. The molecule has 14 heteroatoms. The van der Waals surface area contributed by atoms with Crippen molar-refractivity contribution < 1.29 is 8.83 Å². The lowest BCUT2D eigenvalue weighted by Crippen LogP contribution is -2.00. The Hall–Kier alpha value is -19.1. The van der Waals surface area contributed by atoms with Crippen molar-refractivity contribution in [3.05, 3.63) is 504 Å². The van der Waals surface area contributed by atoms with Gasteiger partial charge in [0.05, 0.1) is 0 Å². The minimum atomic E-state index is 0.638. The summed E-state index contributed by atoms with van der Waals surface area (Å²) >= 11 is 5.39. The second kappa shape index (κ2) is 38.5. The third-order valence-electron chi connectivity index (χ3n) is 27.6. The fourth-order valence-corrected chi connectivity index (χ4v) is 23.5. The molecule has 0 amide bonds. The molecule has 0 bridgehead atoms. The van der Waals surface area contributed by atoms with Crippen LogP contribution in [0.4, 0.5) is 0 Å². The van der Waals surface area contributed by atoms with Gasteiger partial charge in [0.15, 0.2) is 52.4 Å². The molecule has 0 unspecified atom stereocenters. The summed E-state index contributed by atoms with van der Waals surface area (Å²) < 4.78 is 19.8. The van der Waals surface area contributed by atoms with E-state index in [2.05, 4.69) is 400 Å². The van der Waals surface area contributed by atoms with Gasteiger partial charge in [-0.3, -0.25) is 0 Å². The molecule has 29 rings (SSSR count). The largest absolute Gasteiger partial charge is 0.456 e. The number of rotatable bonds is 16. The van der Waals surface area contributed by atoms with Crippen LogP contribution in [-0.2, 0) is 0 Å². The van der Waals surface area contributed by atoms with Crippen LogP contribution in [0.2, 0.25) is 0 Å². The van der Waals surface area contributed by atoms with Crippen molar-refractivity contribution in [2.24, 2.45) is 0 Å². The zero-order valence-corrected chi connectivity index (χ0v) is 82.4. The zero-order chi connectivity index (χ0) is 98.6. The molecule has 0 saturated heterocycles. The van der Waals surface area contributed by atoms with Crippen molar-refractivity contribution in [2.45, 2.75) is 0 Å². The van der Waals surface area contributed by atoms with Gasteiger partial charge in [0.1, 0.15) is 22.3 Å². The quantitative estimate of drug-likeness (QED) is 0.0912. The van der Waals surface area contributed by atoms with E-state index >= 15 is 0 Å². The first-order chi connectivity index (χ1) is 73.7. The molecule has 0 saturated carbocycles. The summed E-state index contributed by atoms with van der Waals surface area (Å²) in [5, 5.41) is 12.1. The molecular weight excluding hydrogens is 1880 g/mol. The molecule has 21 aromatic carbocycles. The third kappa shape index (κ3) is 17.7. The van der Waals surface area contributed by atoms with Gasteiger partial charge in [0.25, 0.3) is 0 Å². The van der Waals surface area contributed by atoms with Gasteiger partial charge in [-0.05, 0) is 187 Å². The van der Waals surface area contributed by atoms with E-state index < -0.39 is 0 Å². The van der Waals surface area contributed by atoms with E-state index in [0.29, 0.717) is 52.4 Å². The summed E-state index contributed by atoms with van der Waals surface area (Å²) in [6.07, 6.45) is 0. The Labute approximate surface area is 869 Å². The van der Waals surface area contributed by atoms with Gasteiger partial charge >= 0.3 is 0 Å². The maximum atomic E-state index is 6.19. The molecular formula is C135H83N9O2S3.